The molecule has 2 aromatic heterocycles. The number of aromatic amines is 1. The van der Waals surface area contributed by atoms with Crippen LogP contribution in [0.1, 0.15) is 18.4 Å². The summed E-state index contributed by atoms with van der Waals surface area (Å²) >= 11 is 0. The van der Waals surface area contributed by atoms with E-state index in [4.69, 9.17) is 0 Å². The summed E-state index contributed by atoms with van der Waals surface area (Å²) in [6.45, 7) is 4.08. The van der Waals surface area contributed by atoms with Crippen LogP contribution >= 0.6 is 0 Å². The molecule has 0 fully saturated rings. The zero-order chi connectivity index (χ0) is 8.55. The summed E-state index contributed by atoms with van der Waals surface area (Å²) in [5.41, 5.74) is 3.16. The van der Waals surface area contributed by atoms with Gasteiger partial charge in [-0.1, -0.05) is 6.92 Å². The number of nitrogens with one attached hydrogen (secondary N) is 1. The monoisotopic (exact) mass is 161 g/mol. The highest BCUT2D eigenvalue weighted by atomic mass is 14.9. The summed E-state index contributed by atoms with van der Waals surface area (Å²) in [7, 11) is 0. The SMILES string of the molecule is CCc1ncc2[nH]c(C)cc2n1. The van der Waals surface area contributed by atoms with E-state index in [0.717, 1.165) is 29.0 Å². The summed E-state index contributed by atoms with van der Waals surface area (Å²) in [4.78, 5) is 11.8. The maximum absolute atomic E-state index is 4.37. The van der Waals surface area contributed by atoms with E-state index >= 15 is 0 Å². The van der Waals surface area contributed by atoms with Crippen molar-refractivity contribution in [1.82, 2.24) is 15.0 Å². The van der Waals surface area contributed by atoms with E-state index in [1.807, 2.05) is 19.2 Å². The van der Waals surface area contributed by atoms with Crippen molar-refractivity contribution in [3.63, 3.8) is 0 Å². The van der Waals surface area contributed by atoms with Crippen LogP contribution in [0, 0.1) is 6.92 Å². The van der Waals surface area contributed by atoms with E-state index < -0.39 is 0 Å². The number of rotatable bonds is 1. The molecule has 0 amide bonds. The van der Waals surface area contributed by atoms with Crippen LogP contribution in [0.3, 0.4) is 0 Å². The fourth-order valence-corrected chi connectivity index (χ4v) is 1.26. The van der Waals surface area contributed by atoms with E-state index in [2.05, 4.69) is 21.9 Å². The number of H-pyrrole nitrogens is 1. The Morgan fingerprint density at radius 1 is 1.50 bits per heavy atom. The summed E-state index contributed by atoms with van der Waals surface area (Å²) < 4.78 is 0. The molecule has 2 heterocycles. The second-order valence-corrected chi connectivity index (χ2v) is 2.89. The van der Waals surface area contributed by atoms with Crippen molar-refractivity contribution in [2.45, 2.75) is 20.3 Å². The number of hydrogen-bond acceptors (Lipinski definition) is 2. The van der Waals surface area contributed by atoms with Crippen LogP contribution in [0.2, 0.25) is 0 Å². The Hall–Kier alpha value is -1.38. The summed E-state index contributed by atoms with van der Waals surface area (Å²) in [6.07, 6.45) is 2.73. The van der Waals surface area contributed by atoms with Crippen molar-refractivity contribution in [2.75, 3.05) is 0 Å². The maximum Gasteiger partial charge on any atom is 0.128 e. The average molecular weight is 161 g/mol. The molecule has 0 saturated carbocycles. The molecule has 0 saturated heterocycles. The molecular weight excluding hydrogens is 150 g/mol. The van der Waals surface area contributed by atoms with Crippen molar-refractivity contribution in [3.05, 3.63) is 23.8 Å². The largest absolute Gasteiger partial charge is 0.356 e. The molecule has 0 aliphatic heterocycles. The second-order valence-electron chi connectivity index (χ2n) is 2.89. The normalized spacial score (nSPS) is 10.8. The third kappa shape index (κ3) is 1.07. The zero-order valence-electron chi connectivity index (χ0n) is 7.26. The summed E-state index contributed by atoms with van der Waals surface area (Å²) in [5.74, 6) is 0.904. The van der Waals surface area contributed by atoms with Crippen molar-refractivity contribution >= 4 is 11.0 Å². The minimum Gasteiger partial charge on any atom is -0.356 e. The first-order chi connectivity index (χ1) is 5.79. The minimum atomic E-state index is 0.889. The standard InChI is InChI=1S/C9H11N3/c1-3-9-10-5-8-7(12-9)4-6(2)11-8/h4-5,11H,3H2,1-2H3. The van der Waals surface area contributed by atoms with Gasteiger partial charge in [-0.25, -0.2) is 9.97 Å². The molecule has 0 aliphatic rings. The number of nitrogens with zero attached hydrogens (tertiary/aromatic N) is 2. The van der Waals surface area contributed by atoms with Crippen LogP contribution in [-0.2, 0) is 6.42 Å². The average Bonchev–Trinajstić information content (AvgIpc) is 2.43. The lowest BCUT2D eigenvalue weighted by atomic mass is 10.4. The third-order valence-corrected chi connectivity index (χ3v) is 1.87. The molecule has 0 aliphatic carbocycles. The lowest BCUT2D eigenvalue weighted by Crippen LogP contribution is -1.90. The van der Waals surface area contributed by atoms with Gasteiger partial charge in [0.1, 0.15) is 5.82 Å². The lowest BCUT2D eigenvalue weighted by Gasteiger charge is -1.92. The highest BCUT2D eigenvalue weighted by Gasteiger charge is 1.99. The van der Waals surface area contributed by atoms with Crippen molar-refractivity contribution in [2.24, 2.45) is 0 Å². The van der Waals surface area contributed by atoms with Crippen LogP contribution in [0.25, 0.3) is 11.0 Å². The fourth-order valence-electron chi connectivity index (χ4n) is 1.26. The quantitative estimate of drug-likeness (QED) is 0.693. The van der Waals surface area contributed by atoms with Gasteiger partial charge in [0.2, 0.25) is 0 Å². The molecule has 2 aromatic rings. The zero-order valence-corrected chi connectivity index (χ0v) is 7.26. The summed E-state index contributed by atoms with van der Waals surface area (Å²) in [6, 6.07) is 2.04. The molecule has 2 rings (SSSR count). The van der Waals surface area contributed by atoms with E-state index in [1.54, 1.807) is 0 Å². The highest BCUT2D eigenvalue weighted by molar-refractivity contribution is 5.74. The topological polar surface area (TPSA) is 41.6 Å². The Bertz CT molecular complexity index is 403. The Labute approximate surface area is 70.9 Å². The van der Waals surface area contributed by atoms with Gasteiger partial charge in [0.25, 0.3) is 0 Å². The fraction of sp³-hybridized carbons (Fsp3) is 0.333. The maximum atomic E-state index is 4.37. The lowest BCUT2D eigenvalue weighted by molar-refractivity contribution is 0.960. The number of aryl methyl sites for hydroxylation is 2. The van der Waals surface area contributed by atoms with Gasteiger partial charge in [-0.2, -0.15) is 0 Å². The first kappa shape index (κ1) is 7.28. The third-order valence-electron chi connectivity index (χ3n) is 1.87. The number of hydrogen-bond donors (Lipinski definition) is 1. The van der Waals surface area contributed by atoms with Crippen molar-refractivity contribution in [1.29, 1.82) is 0 Å². The van der Waals surface area contributed by atoms with Crippen LogP contribution in [0.15, 0.2) is 12.3 Å². The van der Waals surface area contributed by atoms with Crippen molar-refractivity contribution in [3.8, 4) is 0 Å². The molecule has 0 aromatic carbocycles. The molecule has 62 valence electrons. The van der Waals surface area contributed by atoms with E-state index in [-0.39, 0.29) is 0 Å². The molecular formula is C9H11N3. The predicted molar refractivity (Wildman–Crippen MR) is 48.0 cm³/mol. The predicted octanol–water partition coefficient (Wildman–Crippen LogP) is 1.83. The van der Waals surface area contributed by atoms with E-state index in [1.165, 1.54) is 0 Å². The van der Waals surface area contributed by atoms with Gasteiger partial charge < -0.3 is 4.98 Å². The van der Waals surface area contributed by atoms with Gasteiger partial charge in [0, 0.05) is 12.1 Å². The molecule has 0 spiro atoms. The Morgan fingerprint density at radius 2 is 2.33 bits per heavy atom. The molecule has 3 heteroatoms. The van der Waals surface area contributed by atoms with Crippen LogP contribution < -0.4 is 0 Å². The molecule has 1 N–H and O–H groups in total. The van der Waals surface area contributed by atoms with Gasteiger partial charge in [-0.15, -0.1) is 0 Å². The number of fused-ring (bicyclic) bond motifs is 1. The van der Waals surface area contributed by atoms with Gasteiger partial charge in [-0.3, -0.25) is 0 Å². The van der Waals surface area contributed by atoms with Gasteiger partial charge >= 0.3 is 0 Å². The van der Waals surface area contributed by atoms with Crippen LogP contribution in [0.4, 0.5) is 0 Å². The molecule has 3 nitrogen and oxygen atoms in total. The smallest absolute Gasteiger partial charge is 0.128 e. The Morgan fingerprint density at radius 3 is 3.08 bits per heavy atom. The Kier molecular flexibility index (Phi) is 1.57. The van der Waals surface area contributed by atoms with Crippen LogP contribution in [-0.4, -0.2) is 15.0 Å². The first-order valence-corrected chi connectivity index (χ1v) is 4.11. The molecule has 0 atom stereocenters. The molecule has 0 radical (unpaired) electrons. The van der Waals surface area contributed by atoms with Gasteiger partial charge in [-0.05, 0) is 13.0 Å². The first-order valence-electron chi connectivity index (χ1n) is 4.11. The van der Waals surface area contributed by atoms with Gasteiger partial charge in [0.15, 0.2) is 0 Å². The highest BCUT2D eigenvalue weighted by Crippen LogP contribution is 2.10. The second kappa shape index (κ2) is 2.59. The van der Waals surface area contributed by atoms with Crippen LogP contribution in [0.5, 0.6) is 0 Å². The minimum absolute atomic E-state index is 0.889. The molecule has 12 heavy (non-hydrogen) atoms. The van der Waals surface area contributed by atoms with Gasteiger partial charge in [0.05, 0.1) is 17.2 Å². The number of aromatic nitrogens is 3. The molecule has 0 unspecified atom stereocenters. The summed E-state index contributed by atoms with van der Waals surface area (Å²) in [5, 5.41) is 0. The van der Waals surface area contributed by atoms with E-state index in [9.17, 15) is 0 Å². The van der Waals surface area contributed by atoms with Crippen molar-refractivity contribution < 1.29 is 0 Å². The molecule has 0 bridgehead atoms. The Balaban J connectivity index is 2.66. The van der Waals surface area contributed by atoms with E-state index in [0.29, 0.717) is 0 Å².